The lowest BCUT2D eigenvalue weighted by Gasteiger charge is -2.21. The molecule has 1 fully saturated rings. The summed E-state index contributed by atoms with van der Waals surface area (Å²) < 4.78 is 43.6. The maximum atomic E-state index is 12.7. The number of imidazole rings is 1. The van der Waals surface area contributed by atoms with Gasteiger partial charge in [0.05, 0.1) is 29.5 Å². The second-order valence-electron chi connectivity index (χ2n) is 10.2. The average Bonchev–Trinajstić information content (AvgIpc) is 3.56. The van der Waals surface area contributed by atoms with Gasteiger partial charge in [-0.05, 0) is 65.4 Å². The van der Waals surface area contributed by atoms with Crippen LogP contribution in [0, 0.1) is 0 Å². The molecule has 42 heavy (non-hydrogen) atoms. The largest absolute Gasteiger partial charge is 0.573 e. The first-order valence-electron chi connectivity index (χ1n) is 13.4. The zero-order chi connectivity index (χ0) is 29.4. The fraction of sp³-hybridized carbons (Fsp3) is 0.226. The Kier molecular flexibility index (Phi) is 7.36. The van der Waals surface area contributed by atoms with Crippen LogP contribution in [-0.4, -0.2) is 39.0 Å². The number of aryl methyl sites for hydroxylation is 1. The van der Waals surface area contributed by atoms with Gasteiger partial charge in [0.15, 0.2) is 5.17 Å². The van der Waals surface area contributed by atoms with Gasteiger partial charge in [0.2, 0.25) is 5.91 Å². The minimum absolute atomic E-state index is 0.0173. The summed E-state index contributed by atoms with van der Waals surface area (Å²) in [5, 5.41) is 9.28. The molecule has 1 amide bonds. The van der Waals surface area contributed by atoms with E-state index in [1.807, 2.05) is 36.4 Å². The van der Waals surface area contributed by atoms with Crippen molar-refractivity contribution in [2.75, 3.05) is 10.7 Å². The van der Waals surface area contributed by atoms with E-state index in [0.717, 1.165) is 51.4 Å². The van der Waals surface area contributed by atoms with Crippen molar-refractivity contribution < 1.29 is 22.7 Å². The van der Waals surface area contributed by atoms with Gasteiger partial charge in [-0.15, -0.1) is 18.3 Å². The standard InChI is InChI=1S/C31H26F3N5O2S/c1-19(2)24-5-3-4-6-26(24)39-28(40)18-42-30(39)37-36-16-20-7-12-25-22(15-20)13-14-38-27(17-35-29(25)38)21-8-10-23(11-9-21)41-31(32,33)34/h3-12,15-17,19H,13-14,18H2,1-2H3. The molecule has 2 aliphatic heterocycles. The molecule has 0 saturated carbocycles. The van der Waals surface area contributed by atoms with Gasteiger partial charge in [0.25, 0.3) is 0 Å². The Morgan fingerprint density at radius 1 is 1.07 bits per heavy atom. The van der Waals surface area contributed by atoms with Crippen LogP contribution < -0.4 is 9.64 Å². The van der Waals surface area contributed by atoms with Crippen molar-refractivity contribution in [2.24, 2.45) is 10.2 Å². The van der Waals surface area contributed by atoms with Crippen LogP contribution in [0.1, 0.15) is 36.5 Å². The molecule has 214 valence electrons. The maximum absolute atomic E-state index is 12.7. The minimum Gasteiger partial charge on any atom is -0.406 e. The van der Waals surface area contributed by atoms with E-state index >= 15 is 0 Å². The molecule has 0 radical (unpaired) electrons. The van der Waals surface area contributed by atoms with Crippen LogP contribution in [0.2, 0.25) is 0 Å². The third-order valence-electron chi connectivity index (χ3n) is 7.13. The number of para-hydroxylation sites is 1. The second-order valence-corrected chi connectivity index (χ2v) is 11.2. The van der Waals surface area contributed by atoms with Gasteiger partial charge in [-0.2, -0.15) is 5.10 Å². The summed E-state index contributed by atoms with van der Waals surface area (Å²) in [5.74, 6) is 1.09. The molecule has 2 aliphatic rings. The molecule has 11 heteroatoms. The summed E-state index contributed by atoms with van der Waals surface area (Å²) in [6.45, 7) is 4.86. The highest BCUT2D eigenvalue weighted by Gasteiger charge is 2.32. The van der Waals surface area contributed by atoms with E-state index in [-0.39, 0.29) is 17.6 Å². The van der Waals surface area contributed by atoms with Gasteiger partial charge in [-0.1, -0.05) is 55.9 Å². The number of carbonyl (C=O) groups is 1. The number of benzene rings is 3. The number of hydrogen-bond donors (Lipinski definition) is 0. The fourth-order valence-corrected chi connectivity index (χ4v) is 6.04. The third-order valence-corrected chi connectivity index (χ3v) is 8.04. The number of thioether (sulfide) groups is 1. The topological polar surface area (TPSA) is 72.1 Å². The summed E-state index contributed by atoms with van der Waals surface area (Å²) >= 11 is 1.37. The number of nitrogens with zero attached hydrogens (tertiary/aromatic N) is 5. The van der Waals surface area contributed by atoms with Gasteiger partial charge in [0, 0.05) is 17.7 Å². The summed E-state index contributed by atoms with van der Waals surface area (Å²) in [7, 11) is 0. The number of carbonyl (C=O) groups excluding carboxylic acids is 1. The number of halogens is 3. The summed E-state index contributed by atoms with van der Waals surface area (Å²) in [4.78, 5) is 19.0. The first-order valence-corrected chi connectivity index (χ1v) is 14.4. The highest BCUT2D eigenvalue weighted by molar-refractivity contribution is 8.15. The van der Waals surface area contributed by atoms with Crippen molar-refractivity contribution in [1.82, 2.24) is 9.55 Å². The number of anilines is 1. The molecule has 1 saturated heterocycles. The molecule has 0 atom stereocenters. The number of fused-ring (bicyclic) bond motifs is 3. The molecule has 3 aromatic carbocycles. The summed E-state index contributed by atoms with van der Waals surface area (Å²) in [6.07, 6.45) is -0.563. The predicted octanol–water partition coefficient (Wildman–Crippen LogP) is 7.27. The molecular weight excluding hydrogens is 563 g/mol. The van der Waals surface area contributed by atoms with Gasteiger partial charge in [-0.25, -0.2) is 4.98 Å². The Hall–Kier alpha value is -4.38. The first-order chi connectivity index (χ1) is 20.2. The highest BCUT2D eigenvalue weighted by atomic mass is 32.2. The number of amidine groups is 1. The zero-order valence-electron chi connectivity index (χ0n) is 22.8. The molecule has 4 aromatic rings. The van der Waals surface area contributed by atoms with Crippen LogP contribution in [0.5, 0.6) is 5.75 Å². The van der Waals surface area contributed by atoms with Crippen molar-refractivity contribution >= 4 is 34.7 Å². The normalized spacial score (nSPS) is 16.0. The minimum atomic E-state index is -4.73. The monoisotopic (exact) mass is 589 g/mol. The van der Waals surface area contributed by atoms with Crippen LogP contribution >= 0.6 is 11.8 Å². The van der Waals surface area contributed by atoms with Gasteiger partial charge in [-0.3, -0.25) is 9.69 Å². The first kappa shape index (κ1) is 27.8. The van der Waals surface area contributed by atoms with Crippen molar-refractivity contribution in [3.8, 4) is 28.4 Å². The number of aromatic nitrogens is 2. The van der Waals surface area contributed by atoms with E-state index in [4.69, 9.17) is 0 Å². The Bertz CT molecular complexity index is 1710. The quantitative estimate of drug-likeness (QED) is 0.175. The van der Waals surface area contributed by atoms with Crippen LogP contribution in [-0.2, 0) is 17.8 Å². The average molecular weight is 590 g/mol. The van der Waals surface area contributed by atoms with E-state index in [1.165, 1.54) is 23.9 Å². The number of amides is 1. The Morgan fingerprint density at radius 3 is 2.62 bits per heavy atom. The lowest BCUT2D eigenvalue weighted by Crippen LogP contribution is -2.30. The molecule has 3 heterocycles. The SMILES string of the molecule is CC(C)c1ccccc1N1C(=O)CSC1=NN=Cc1ccc2c(c1)CCn1c(-c3ccc(OC(F)(F)F)cc3)cnc1-2. The Morgan fingerprint density at radius 2 is 1.86 bits per heavy atom. The van der Waals surface area contributed by atoms with Crippen molar-refractivity contribution in [1.29, 1.82) is 0 Å². The van der Waals surface area contributed by atoms with Crippen LogP contribution in [0.15, 0.2) is 83.1 Å². The predicted molar refractivity (Wildman–Crippen MR) is 159 cm³/mol. The molecule has 0 N–H and O–H groups in total. The number of ether oxygens (including phenoxy) is 1. The van der Waals surface area contributed by atoms with E-state index in [0.29, 0.717) is 17.5 Å². The number of alkyl halides is 3. The summed E-state index contributed by atoms with van der Waals surface area (Å²) in [6, 6.07) is 19.6. The molecular formula is C31H26F3N5O2S. The number of hydrogen-bond acceptors (Lipinski definition) is 6. The third kappa shape index (κ3) is 5.56. The Balaban J connectivity index is 1.21. The lowest BCUT2D eigenvalue weighted by atomic mass is 9.98. The molecule has 0 unspecified atom stereocenters. The van der Waals surface area contributed by atoms with Crippen molar-refractivity contribution in [2.45, 2.75) is 39.1 Å². The molecule has 0 bridgehead atoms. The van der Waals surface area contributed by atoms with Gasteiger partial charge in [0.1, 0.15) is 11.6 Å². The van der Waals surface area contributed by atoms with Crippen LogP contribution in [0.4, 0.5) is 18.9 Å². The van der Waals surface area contributed by atoms with Crippen molar-refractivity contribution in [3.05, 3.63) is 89.6 Å². The smallest absolute Gasteiger partial charge is 0.406 e. The molecule has 0 spiro atoms. The number of rotatable bonds is 6. The molecule has 0 aliphatic carbocycles. The lowest BCUT2D eigenvalue weighted by molar-refractivity contribution is -0.274. The van der Waals surface area contributed by atoms with E-state index in [2.05, 4.69) is 44.4 Å². The van der Waals surface area contributed by atoms with Gasteiger partial charge >= 0.3 is 6.36 Å². The zero-order valence-corrected chi connectivity index (χ0v) is 23.6. The van der Waals surface area contributed by atoms with E-state index < -0.39 is 6.36 Å². The molecule has 7 nitrogen and oxygen atoms in total. The Labute approximate surface area is 244 Å². The van der Waals surface area contributed by atoms with Crippen LogP contribution in [0.25, 0.3) is 22.6 Å². The second kappa shape index (κ2) is 11.1. The summed E-state index contributed by atoms with van der Waals surface area (Å²) in [5.41, 5.74) is 6.47. The fourth-order valence-electron chi connectivity index (χ4n) is 5.22. The highest BCUT2D eigenvalue weighted by Crippen LogP contribution is 2.35. The van der Waals surface area contributed by atoms with Gasteiger partial charge < -0.3 is 9.30 Å². The van der Waals surface area contributed by atoms with Crippen molar-refractivity contribution in [3.63, 3.8) is 0 Å². The molecule has 1 aromatic heterocycles. The van der Waals surface area contributed by atoms with E-state index in [9.17, 15) is 18.0 Å². The van der Waals surface area contributed by atoms with Crippen LogP contribution in [0.3, 0.4) is 0 Å². The molecule has 6 rings (SSSR count). The maximum Gasteiger partial charge on any atom is 0.573 e. The van der Waals surface area contributed by atoms with E-state index in [1.54, 1.807) is 29.4 Å².